The summed E-state index contributed by atoms with van der Waals surface area (Å²) in [6, 6.07) is 6.60. The van der Waals surface area contributed by atoms with E-state index in [0.29, 0.717) is 18.0 Å². The number of nitrogens with one attached hydrogen (secondary N) is 1. The lowest BCUT2D eigenvalue weighted by Gasteiger charge is -2.11. The fourth-order valence-electron chi connectivity index (χ4n) is 1.82. The SMILES string of the molecule is O=C(O)COc1cccc(NC(=O)[C@@H]2CCCO2)c1. The molecule has 0 aromatic heterocycles. The highest BCUT2D eigenvalue weighted by atomic mass is 16.5. The maximum atomic E-state index is 11.8. The molecule has 6 heteroatoms. The standard InChI is InChI=1S/C13H15NO5/c15-12(16)8-19-10-4-1-3-9(7-10)14-13(17)11-5-2-6-18-11/h1,3-4,7,11H,2,5-6,8H2,(H,14,17)(H,15,16)/t11-/m0/s1. The Bertz CT molecular complexity index is 468. The molecule has 2 N–H and O–H groups in total. The van der Waals surface area contributed by atoms with Crippen LogP contribution >= 0.6 is 0 Å². The number of carboxylic acids is 1. The third-order valence-corrected chi connectivity index (χ3v) is 2.69. The largest absolute Gasteiger partial charge is 0.482 e. The summed E-state index contributed by atoms with van der Waals surface area (Å²) in [6.45, 7) is 0.197. The number of rotatable bonds is 5. The predicted octanol–water partition coefficient (Wildman–Crippen LogP) is 1.27. The van der Waals surface area contributed by atoms with Crippen molar-refractivity contribution in [2.45, 2.75) is 18.9 Å². The highest BCUT2D eigenvalue weighted by Crippen LogP contribution is 2.19. The van der Waals surface area contributed by atoms with E-state index < -0.39 is 18.7 Å². The first kappa shape index (κ1) is 13.4. The van der Waals surface area contributed by atoms with Gasteiger partial charge in [-0.05, 0) is 25.0 Å². The average Bonchev–Trinajstić information content (AvgIpc) is 2.91. The van der Waals surface area contributed by atoms with Crippen molar-refractivity contribution in [1.29, 1.82) is 0 Å². The molecule has 0 saturated carbocycles. The van der Waals surface area contributed by atoms with Crippen LogP contribution in [0.4, 0.5) is 5.69 Å². The van der Waals surface area contributed by atoms with Crippen LogP contribution in [0.2, 0.25) is 0 Å². The lowest BCUT2D eigenvalue weighted by Crippen LogP contribution is -2.26. The molecule has 0 bridgehead atoms. The Kier molecular flexibility index (Phi) is 4.35. The first-order valence-electron chi connectivity index (χ1n) is 6.02. The maximum Gasteiger partial charge on any atom is 0.341 e. The van der Waals surface area contributed by atoms with Crippen LogP contribution in [0.15, 0.2) is 24.3 Å². The minimum atomic E-state index is -1.05. The van der Waals surface area contributed by atoms with Gasteiger partial charge in [-0.25, -0.2) is 4.79 Å². The molecule has 0 unspecified atom stereocenters. The van der Waals surface area contributed by atoms with Gasteiger partial charge in [-0.3, -0.25) is 4.79 Å². The van der Waals surface area contributed by atoms with Crippen LogP contribution in [0.25, 0.3) is 0 Å². The molecule has 2 rings (SSSR count). The van der Waals surface area contributed by atoms with E-state index in [1.165, 1.54) is 0 Å². The highest BCUT2D eigenvalue weighted by Gasteiger charge is 2.23. The molecule has 0 aliphatic carbocycles. The second-order valence-electron chi connectivity index (χ2n) is 4.20. The summed E-state index contributed by atoms with van der Waals surface area (Å²) >= 11 is 0. The van der Waals surface area contributed by atoms with Crippen molar-refractivity contribution in [2.75, 3.05) is 18.5 Å². The summed E-state index contributed by atoms with van der Waals surface area (Å²) in [7, 11) is 0. The molecule has 1 fully saturated rings. The van der Waals surface area contributed by atoms with Crippen LogP contribution in [0.1, 0.15) is 12.8 Å². The van der Waals surface area contributed by atoms with Gasteiger partial charge in [0.25, 0.3) is 5.91 Å². The topological polar surface area (TPSA) is 84.9 Å². The van der Waals surface area contributed by atoms with E-state index in [0.717, 1.165) is 12.8 Å². The third-order valence-electron chi connectivity index (χ3n) is 2.69. The molecular formula is C13H15NO5. The van der Waals surface area contributed by atoms with Gasteiger partial charge in [0.15, 0.2) is 6.61 Å². The molecule has 1 saturated heterocycles. The molecule has 0 spiro atoms. The van der Waals surface area contributed by atoms with E-state index in [-0.39, 0.29) is 5.91 Å². The molecule has 0 radical (unpaired) electrons. The zero-order valence-corrected chi connectivity index (χ0v) is 10.3. The molecule has 102 valence electrons. The van der Waals surface area contributed by atoms with Gasteiger partial charge < -0.3 is 19.9 Å². The Morgan fingerprint density at radius 3 is 3.00 bits per heavy atom. The Morgan fingerprint density at radius 2 is 2.32 bits per heavy atom. The van der Waals surface area contributed by atoms with E-state index in [1.807, 2.05) is 0 Å². The first-order valence-corrected chi connectivity index (χ1v) is 6.02. The minimum absolute atomic E-state index is 0.187. The molecule has 6 nitrogen and oxygen atoms in total. The third kappa shape index (κ3) is 3.96. The minimum Gasteiger partial charge on any atom is -0.482 e. The fourth-order valence-corrected chi connectivity index (χ4v) is 1.82. The van der Waals surface area contributed by atoms with Gasteiger partial charge in [0.2, 0.25) is 0 Å². The number of hydrogen-bond acceptors (Lipinski definition) is 4. The molecule has 1 amide bonds. The number of hydrogen-bond donors (Lipinski definition) is 2. The van der Waals surface area contributed by atoms with Crippen LogP contribution in [0.3, 0.4) is 0 Å². The van der Waals surface area contributed by atoms with Crippen LogP contribution < -0.4 is 10.1 Å². The van der Waals surface area contributed by atoms with E-state index in [4.69, 9.17) is 14.6 Å². The van der Waals surface area contributed by atoms with Gasteiger partial charge in [0, 0.05) is 18.4 Å². The molecule has 1 aliphatic rings. The summed E-state index contributed by atoms with van der Waals surface area (Å²) in [6.07, 6.45) is 1.21. The predicted molar refractivity (Wildman–Crippen MR) is 67.2 cm³/mol. The Labute approximate surface area is 110 Å². The number of carbonyl (C=O) groups is 2. The molecular weight excluding hydrogens is 250 g/mol. The van der Waals surface area contributed by atoms with Gasteiger partial charge in [-0.1, -0.05) is 6.07 Å². The lowest BCUT2D eigenvalue weighted by atomic mass is 10.2. The van der Waals surface area contributed by atoms with Crippen molar-refractivity contribution in [3.63, 3.8) is 0 Å². The van der Waals surface area contributed by atoms with Gasteiger partial charge in [-0.15, -0.1) is 0 Å². The van der Waals surface area contributed by atoms with E-state index in [9.17, 15) is 9.59 Å². The van der Waals surface area contributed by atoms with Gasteiger partial charge in [0.1, 0.15) is 11.9 Å². The molecule has 1 aromatic carbocycles. The van der Waals surface area contributed by atoms with Gasteiger partial charge in [0.05, 0.1) is 0 Å². The highest BCUT2D eigenvalue weighted by molar-refractivity contribution is 5.94. The number of carboxylic acid groups (broad SMARTS) is 1. The fraction of sp³-hybridized carbons (Fsp3) is 0.385. The number of benzene rings is 1. The quantitative estimate of drug-likeness (QED) is 0.837. The zero-order valence-electron chi connectivity index (χ0n) is 10.3. The number of aliphatic carboxylic acids is 1. The van der Waals surface area contributed by atoms with Crippen molar-refractivity contribution in [1.82, 2.24) is 0 Å². The van der Waals surface area contributed by atoms with E-state index in [2.05, 4.69) is 5.32 Å². The van der Waals surface area contributed by atoms with Crippen molar-refractivity contribution in [3.05, 3.63) is 24.3 Å². The van der Waals surface area contributed by atoms with E-state index >= 15 is 0 Å². The second kappa shape index (κ2) is 6.19. The number of ether oxygens (including phenoxy) is 2. The average molecular weight is 265 g/mol. The van der Waals surface area contributed by atoms with Crippen molar-refractivity contribution in [2.24, 2.45) is 0 Å². The van der Waals surface area contributed by atoms with Gasteiger partial charge in [-0.2, -0.15) is 0 Å². The van der Waals surface area contributed by atoms with Crippen LogP contribution in [0, 0.1) is 0 Å². The van der Waals surface area contributed by atoms with Crippen LogP contribution in [-0.2, 0) is 14.3 Å². The number of amides is 1. The van der Waals surface area contributed by atoms with Crippen molar-refractivity contribution < 1.29 is 24.2 Å². The first-order chi connectivity index (χ1) is 9.15. The Hall–Kier alpha value is -2.08. The Balaban J connectivity index is 1.94. The molecule has 1 atom stereocenters. The lowest BCUT2D eigenvalue weighted by molar-refractivity contribution is -0.139. The molecule has 19 heavy (non-hydrogen) atoms. The Morgan fingerprint density at radius 1 is 1.47 bits per heavy atom. The van der Waals surface area contributed by atoms with Crippen LogP contribution in [0.5, 0.6) is 5.75 Å². The maximum absolute atomic E-state index is 11.8. The zero-order chi connectivity index (χ0) is 13.7. The summed E-state index contributed by atoms with van der Waals surface area (Å²) in [5, 5.41) is 11.2. The number of carbonyl (C=O) groups excluding carboxylic acids is 1. The monoisotopic (exact) mass is 265 g/mol. The van der Waals surface area contributed by atoms with Crippen molar-refractivity contribution in [3.8, 4) is 5.75 Å². The summed E-state index contributed by atoms with van der Waals surface area (Å²) in [5.74, 6) is -0.839. The number of anilines is 1. The second-order valence-corrected chi connectivity index (χ2v) is 4.20. The summed E-state index contributed by atoms with van der Waals surface area (Å²) in [5.41, 5.74) is 0.559. The summed E-state index contributed by atoms with van der Waals surface area (Å²) in [4.78, 5) is 22.2. The normalized spacial score (nSPS) is 18.0. The smallest absolute Gasteiger partial charge is 0.341 e. The van der Waals surface area contributed by atoms with Gasteiger partial charge >= 0.3 is 5.97 Å². The molecule has 1 aliphatic heterocycles. The molecule has 1 aromatic rings. The van der Waals surface area contributed by atoms with E-state index in [1.54, 1.807) is 24.3 Å². The van der Waals surface area contributed by atoms with Crippen LogP contribution in [-0.4, -0.2) is 36.3 Å². The molecule has 1 heterocycles. The van der Waals surface area contributed by atoms with Crippen molar-refractivity contribution >= 4 is 17.6 Å². The summed E-state index contributed by atoms with van der Waals surface area (Å²) < 4.78 is 10.3.